The average Bonchev–Trinajstić information content (AvgIpc) is 2.48. The molecule has 1 aromatic carbocycles. The van der Waals surface area contributed by atoms with Crippen molar-refractivity contribution in [3.63, 3.8) is 0 Å². The van der Waals surface area contributed by atoms with Gasteiger partial charge in [-0.2, -0.15) is 0 Å². The molecule has 1 aliphatic carbocycles. The Labute approximate surface area is 115 Å². The van der Waals surface area contributed by atoms with Crippen LogP contribution in [0.1, 0.15) is 48.9 Å². The first-order valence-electron chi connectivity index (χ1n) is 7.36. The summed E-state index contributed by atoms with van der Waals surface area (Å²) in [5.41, 5.74) is 1.62. The third-order valence-corrected chi connectivity index (χ3v) is 4.00. The quantitative estimate of drug-likeness (QED) is 0.851. The molecule has 1 amide bonds. The molecule has 19 heavy (non-hydrogen) atoms. The molecule has 0 bridgehead atoms. The van der Waals surface area contributed by atoms with Crippen molar-refractivity contribution in [3.05, 3.63) is 29.8 Å². The minimum Gasteiger partial charge on any atom is -0.387 e. The smallest absolute Gasteiger partial charge is 0.253 e. The Balaban J connectivity index is 1.80. The summed E-state index contributed by atoms with van der Waals surface area (Å²) >= 11 is 0. The van der Waals surface area contributed by atoms with Gasteiger partial charge in [-0.1, -0.05) is 44.2 Å². The van der Waals surface area contributed by atoms with Crippen molar-refractivity contribution in [3.8, 4) is 0 Å². The van der Waals surface area contributed by atoms with Gasteiger partial charge in [0.25, 0.3) is 5.91 Å². The van der Waals surface area contributed by atoms with E-state index in [-0.39, 0.29) is 5.91 Å². The number of hydrogen-bond donors (Lipinski definition) is 2. The van der Waals surface area contributed by atoms with Gasteiger partial charge in [-0.05, 0) is 24.5 Å². The van der Waals surface area contributed by atoms with E-state index in [0.717, 1.165) is 30.1 Å². The summed E-state index contributed by atoms with van der Waals surface area (Å²) in [4.78, 5) is 12.1. The van der Waals surface area contributed by atoms with Gasteiger partial charge < -0.3 is 10.6 Å². The summed E-state index contributed by atoms with van der Waals surface area (Å²) < 4.78 is 0. The lowest BCUT2D eigenvalue weighted by molar-refractivity contribution is 0.0951. The van der Waals surface area contributed by atoms with Gasteiger partial charge in [0.1, 0.15) is 0 Å². The Kier molecular flexibility index (Phi) is 5.25. The Morgan fingerprint density at radius 1 is 1.21 bits per heavy atom. The van der Waals surface area contributed by atoms with Crippen molar-refractivity contribution in [1.82, 2.24) is 5.32 Å². The van der Waals surface area contributed by atoms with E-state index in [9.17, 15) is 4.79 Å². The molecule has 0 spiro atoms. The second-order valence-corrected chi connectivity index (χ2v) is 5.34. The summed E-state index contributed by atoms with van der Waals surface area (Å²) in [6, 6.07) is 7.62. The highest BCUT2D eigenvalue weighted by Crippen LogP contribution is 2.25. The van der Waals surface area contributed by atoms with Gasteiger partial charge in [-0.3, -0.25) is 4.79 Å². The summed E-state index contributed by atoms with van der Waals surface area (Å²) in [6.07, 6.45) is 7.90. The van der Waals surface area contributed by atoms with Crippen molar-refractivity contribution < 1.29 is 4.79 Å². The summed E-state index contributed by atoms with van der Waals surface area (Å²) in [7, 11) is 1.84. The van der Waals surface area contributed by atoms with Gasteiger partial charge in [0, 0.05) is 19.3 Å². The van der Waals surface area contributed by atoms with Crippen LogP contribution in [0.5, 0.6) is 0 Å². The number of nitrogens with one attached hydrogen (secondary N) is 2. The molecule has 1 saturated carbocycles. The second-order valence-electron chi connectivity index (χ2n) is 5.34. The van der Waals surface area contributed by atoms with Crippen LogP contribution in [-0.4, -0.2) is 19.5 Å². The molecule has 0 atom stereocenters. The molecule has 0 radical (unpaired) electrons. The molecule has 1 fully saturated rings. The number of carbonyl (C=O) groups excluding carboxylic acids is 1. The predicted octanol–water partition coefficient (Wildman–Crippen LogP) is 3.43. The minimum absolute atomic E-state index is 0.0285. The number of carbonyl (C=O) groups is 1. The van der Waals surface area contributed by atoms with Crippen molar-refractivity contribution >= 4 is 11.6 Å². The lowest BCUT2D eigenvalue weighted by Gasteiger charge is -2.21. The van der Waals surface area contributed by atoms with Gasteiger partial charge in [0.05, 0.1) is 5.56 Å². The predicted molar refractivity (Wildman–Crippen MR) is 79.5 cm³/mol. The fourth-order valence-corrected chi connectivity index (χ4v) is 2.86. The van der Waals surface area contributed by atoms with Crippen LogP contribution < -0.4 is 10.6 Å². The Hall–Kier alpha value is -1.51. The third kappa shape index (κ3) is 3.98. The van der Waals surface area contributed by atoms with Crippen LogP contribution in [0, 0.1) is 5.92 Å². The number of rotatable bonds is 5. The van der Waals surface area contributed by atoms with Crippen molar-refractivity contribution in [1.29, 1.82) is 0 Å². The lowest BCUT2D eigenvalue weighted by atomic mass is 9.87. The van der Waals surface area contributed by atoms with E-state index >= 15 is 0 Å². The first-order valence-corrected chi connectivity index (χ1v) is 7.36. The molecular weight excluding hydrogens is 236 g/mol. The highest BCUT2D eigenvalue weighted by molar-refractivity contribution is 5.99. The molecule has 2 rings (SSSR count). The molecule has 0 heterocycles. The third-order valence-electron chi connectivity index (χ3n) is 4.00. The molecule has 0 aromatic heterocycles. The van der Waals surface area contributed by atoms with Gasteiger partial charge in [-0.15, -0.1) is 0 Å². The van der Waals surface area contributed by atoms with E-state index in [4.69, 9.17) is 0 Å². The van der Waals surface area contributed by atoms with Crippen LogP contribution in [-0.2, 0) is 0 Å². The monoisotopic (exact) mass is 260 g/mol. The van der Waals surface area contributed by atoms with Crippen LogP contribution in [0.15, 0.2) is 24.3 Å². The normalized spacial score (nSPS) is 16.1. The molecule has 2 N–H and O–H groups in total. The lowest BCUT2D eigenvalue weighted by Crippen LogP contribution is -2.27. The summed E-state index contributed by atoms with van der Waals surface area (Å²) in [6.45, 7) is 0.793. The van der Waals surface area contributed by atoms with Gasteiger partial charge in [-0.25, -0.2) is 0 Å². The molecule has 1 aromatic rings. The fourth-order valence-electron chi connectivity index (χ4n) is 2.86. The van der Waals surface area contributed by atoms with E-state index in [1.807, 2.05) is 31.3 Å². The first kappa shape index (κ1) is 13.9. The molecular formula is C16H24N2O. The molecule has 1 aliphatic rings. The van der Waals surface area contributed by atoms with Gasteiger partial charge in [0.2, 0.25) is 0 Å². The number of hydrogen-bond acceptors (Lipinski definition) is 2. The molecule has 3 heteroatoms. The maximum atomic E-state index is 12.1. The van der Waals surface area contributed by atoms with E-state index in [1.54, 1.807) is 0 Å². The summed E-state index contributed by atoms with van der Waals surface area (Å²) in [5, 5.41) is 6.10. The van der Waals surface area contributed by atoms with E-state index in [2.05, 4.69) is 10.6 Å². The van der Waals surface area contributed by atoms with Gasteiger partial charge >= 0.3 is 0 Å². The Bertz CT molecular complexity index is 411. The zero-order valence-corrected chi connectivity index (χ0v) is 11.7. The van der Waals surface area contributed by atoms with Crippen LogP contribution in [0.4, 0.5) is 5.69 Å². The van der Waals surface area contributed by atoms with Crippen molar-refractivity contribution in [2.24, 2.45) is 5.92 Å². The zero-order chi connectivity index (χ0) is 13.5. The Morgan fingerprint density at radius 2 is 1.95 bits per heavy atom. The number of amides is 1. The Morgan fingerprint density at radius 3 is 2.68 bits per heavy atom. The maximum absolute atomic E-state index is 12.1. The standard InChI is InChI=1S/C16H24N2O/c1-17-15-10-6-5-9-14(15)16(19)18-12-11-13-7-3-2-4-8-13/h5-6,9-10,13,17H,2-4,7-8,11-12H2,1H3,(H,18,19). The van der Waals surface area contributed by atoms with E-state index < -0.39 is 0 Å². The van der Waals surface area contributed by atoms with Gasteiger partial charge in [0.15, 0.2) is 0 Å². The maximum Gasteiger partial charge on any atom is 0.253 e. The van der Waals surface area contributed by atoms with Crippen LogP contribution in [0.3, 0.4) is 0 Å². The minimum atomic E-state index is 0.0285. The topological polar surface area (TPSA) is 41.1 Å². The highest BCUT2D eigenvalue weighted by atomic mass is 16.1. The summed E-state index contributed by atoms with van der Waals surface area (Å²) in [5.74, 6) is 0.842. The van der Waals surface area contributed by atoms with E-state index in [0.29, 0.717) is 0 Å². The fraction of sp³-hybridized carbons (Fsp3) is 0.562. The first-order chi connectivity index (χ1) is 9.31. The largest absolute Gasteiger partial charge is 0.387 e. The SMILES string of the molecule is CNc1ccccc1C(=O)NCCC1CCCCC1. The molecule has 104 valence electrons. The molecule has 0 aliphatic heterocycles. The second kappa shape index (κ2) is 7.17. The zero-order valence-electron chi connectivity index (χ0n) is 11.7. The average molecular weight is 260 g/mol. The highest BCUT2D eigenvalue weighted by Gasteiger charge is 2.14. The number of benzene rings is 1. The van der Waals surface area contributed by atoms with Crippen molar-refractivity contribution in [2.45, 2.75) is 38.5 Å². The number of para-hydroxylation sites is 1. The van der Waals surface area contributed by atoms with Crippen LogP contribution >= 0.6 is 0 Å². The number of anilines is 1. The van der Waals surface area contributed by atoms with Crippen LogP contribution in [0.25, 0.3) is 0 Å². The molecule has 0 unspecified atom stereocenters. The van der Waals surface area contributed by atoms with E-state index in [1.165, 1.54) is 32.1 Å². The van der Waals surface area contributed by atoms with Crippen molar-refractivity contribution in [2.75, 3.05) is 18.9 Å². The van der Waals surface area contributed by atoms with Crippen LogP contribution in [0.2, 0.25) is 0 Å². The molecule has 3 nitrogen and oxygen atoms in total. The molecule has 0 saturated heterocycles.